The van der Waals surface area contributed by atoms with Crippen molar-refractivity contribution in [2.24, 2.45) is 5.73 Å². The van der Waals surface area contributed by atoms with E-state index >= 15 is 0 Å². The molecule has 0 unspecified atom stereocenters. The quantitative estimate of drug-likeness (QED) is 0.608. The highest BCUT2D eigenvalue weighted by Gasteiger charge is 2.43. The Morgan fingerprint density at radius 1 is 1.57 bits per heavy atom. The van der Waals surface area contributed by atoms with Crippen molar-refractivity contribution >= 4 is 5.97 Å². The number of aliphatic hydroxyl groups excluding tert-OH is 1. The molecular weight excluding hydrogens is 182 g/mol. The molecule has 0 radical (unpaired) electrons. The lowest BCUT2D eigenvalue weighted by Gasteiger charge is -2.27. The van der Waals surface area contributed by atoms with Crippen LogP contribution in [0.3, 0.4) is 0 Å². The first-order valence-electron chi connectivity index (χ1n) is 4.93. The average molecular weight is 201 g/mol. The Kier molecular flexibility index (Phi) is 2.88. The van der Waals surface area contributed by atoms with Crippen LogP contribution in [0.5, 0.6) is 0 Å². The highest BCUT2D eigenvalue weighted by atomic mass is 16.6. The minimum absolute atomic E-state index is 0.307. The van der Waals surface area contributed by atoms with Gasteiger partial charge in [-0.1, -0.05) is 0 Å². The molecule has 0 aromatic rings. The topological polar surface area (TPSA) is 72.5 Å². The molecule has 0 amide bonds. The van der Waals surface area contributed by atoms with Crippen molar-refractivity contribution in [1.29, 1.82) is 0 Å². The van der Waals surface area contributed by atoms with Gasteiger partial charge in [0.1, 0.15) is 11.1 Å². The molecule has 2 atom stereocenters. The second-order valence-corrected chi connectivity index (χ2v) is 5.05. The highest BCUT2D eigenvalue weighted by molar-refractivity contribution is 5.81. The lowest BCUT2D eigenvalue weighted by atomic mass is 9.99. The van der Waals surface area contributed by atoms with Crippen molar-refractivity contribution in [3.05, 3.63) is 0 Å². The summed E-state index contributed by atoms with van der Waals surface area (Å²) in [5.74, 6) is -0.401. The van der Waals surface area contributed by atoms with E-state index in [1.165, 1.54) is 0 Å². The van der Waals surface area contributed by atoms with Crippen LogP contribution in [0, 0.1) is 0 Å². The van der Waals surface area contributed by atoms with Crippen LogP contribution in [0.4, 0.5) is 0 Å². The molecule has 0 bridgehead atoms. The van der Waals surface area contributed by atoms with Gasteiger partial charge in [0.2, 0.25) is 0 Å². The van der Waals surface area contributed by atoms with Gasteiger partial charge in [0, 0.05) is 6.42 Å². The van der Waals surface area contributed by atoms with Crippen LogP contribution in [0.25, 0.3) is 0 Å². The van der Waals surface area contributed by atoms with Crippen LogP contribution in [-0.4, -0.2) is 28.3 Å². The largest absolute Gasteiger partial charge is 0.459 e. The fourth-order valence-electron chi connectivity index (χ4n) is 1.61. The van der Waals surface area contributed by atoms with Crippen molar-refractivity contribution < 1.29 is 14.6 Å². The van der Waals surface area contributed by atoms with E-state index in [0.717, 1.165) is 0 Å². The molecular formula is C10H19NO3. The van der Waals surface area contributed by atoms with E-state index in [2.05, 4.69) is 0 Å². The molecule has 0 aromatic carbocycles. The molecule has 0 heterocycles. The van der Waals surface area contributed by atoms with E-state index in [1.54, 1.807) is 20.8 Å². The van der Waals surface area contributed by atoms with E-state index in [9.17, 15) is 9.90 Å². The number of aliphatic hydroxyl groups is 1. The third-order valence-electron chi connectivity index (χ3n) is 2.33. The summed E-state index contributed by atoms with van der Waals surface area (Å²) < 4.78 is 5.20. The van der Waals surface area contributed by atoms with Gasteiger partial charge in [0.15, 0.2) is 0 Å². The van der Waals surface area contributed by atoms with Gasteiger partial charge in [-0.2, -0.15) is 0 Å². The lowest BCUT2D eigenvalue weighted by molar-refractivity contribution is -0.161. The third kappa shape index (κ3) is 2.69. The third-order valence-corrected chi connectivity index (χ3v) is 2.33. The van der Waals surface area contributed by atoms with Gasteiger partial charge < -0.3 is 15.6 Å². The van der Waals surface area contributed by atoms with Crippen molar-refractivity contribution in [2.45, 2.75) is 57.3 Å². The first-order valence-corrected chi connectivity index (χ1v) is 4.93. The molecule has 1 saturated carbocycles. The van der Waals surface area contributed by atoms with Gasteiger partial charge in [0.25, 0.3) is 0 Å². The summed E-state index contributed by atoms with van der Waals surface area (Å²) in [4.78, 5) is 11.7. The van der Waals surface area contributed by atoms with E-state index < -0.39 is 23.2 Å². The summed E-state index contributed by atoms with van der Waals surface area (Å²) in [5, 5.41) is 9.32. The predicted molar refractivity (Wildman–Crippen MR) is 52.6 cm³/mol. The van der Waals surface area contributed by atoms with Crippen LogP contribution < -0.4 is 5.73 Å². The molecule has 0 saturated heterocycles. The smallest absolute Gasteiger partial charge is 0.326 e. The van der Waals surface area contributed by atoms with Gasteiger partial charge in [-0.15, -0.1) is 0 Å². The van der Waals surface area contributed by atoms with Crippen LogP contribution in [-0.2, 0) is 9.53 Å². The van der Waals surface area contributed by atoms with Gasteiger partial charge in [0.05, 0.1) is 6.10 Å². The summed E-state index contributed by atoms with van der Waals surface area (Å²) in [5.41, 5.74) is 4.37. The summed E-state index contributed by atoms with van der Waals surface area (Å²) in [6.07, 6.45) is 0.924. The number of esters is 1. The first-order chi connectivity index (χ1) is 6.23. The van der Waals surface area contributed by atoms with Crippen LogP contribution in [0.1, 0.15) is 40.0 Å². The molecule has 82 valence electrons. The second-order valence-electron chi connectivity index (χ2n) is 5.05. The maximum atomic E-state index is 11.7. The minimum atomic E-state index is -0.979. The molecule has 4 heteroatoms. The van der Waals surface area contributed by atoms with Crippen molar-refractivity contribution in [1.82, 2.24) is 0 Å². The van der Waals surface area contributed by atoms with Crippen LogP contribution in [0.2, 0.25) is 0 Å². The Morgan fingerprint density at radius 2 is 2.14 bits per heavy atom. The Hall–Kier alpha value is -0.610. The molecule has 0 aliphatic heterocycles. The number of rotatable bonds is 1. The normalized spacial score (nSPS) is 33.1. The summed E-state index contributed by atoms with van der Waals surface area (Å²) in [6, 6.07) is 0. The molecule has 0 spiro atoms. The monoisotopic (exact) mass is 201 g/mol. The van der Waals surface area contributed by atoms with Crippen molar-refractivity contribution in [3.63, 3.8) is 0 Å². The fourth-order valence-corrected chi connectivity index (χ4v) is 1.61. The molecule has 1 fully saturated rings. The lowest BCUT2D eigenvalue weighted by Crippen LogP contribution is -2.49. The number of ether oxygens (including phenoxy) is 1. The van der Waals surface area contributed by atoms with Crippen LogP contribution in [0.15, 0.2) is 0 Å². The molecule has 3 N–H and O–H groups in total. The summed E-state index contributed by atoms with van der Waals surface area (Å²) in [6.45, 7) is 5.42. The Bertz CT molecular complexity index is 234. The van der Waals surface area contributed by atoms with Gasteiger partial charge in [-0.05, 0) is 33.6 Å². The summed E-state index contributed by atoms with van der Waals surface area (Å²) >= 11 is 0. The van der Waals surface area contributed by atoms with E-state index in [-0.39, 0.29) is 0 Å². The average Bonchev–Trinajstić information content (AvgIpc) is 2.29. The maximum absolute atomic E-state index is 11.7. The van der Waals surface area contributed by atoms with Crippen LogP contribution >= 0.6 is 0 Å². The Balaban J connectivity index is 2.61. The standard InChI is InChI=1S/C10H19NO3/c1-9(2,3)14-8(13)10(11)5-4-7(12)6-10/h7,12H,4-6,11H2,1-3H3/t7-,10+/m0/s1. The van der Waals surface area contributed by atoms with E-state index in [0.29, 0.717) is 19.3 Å². The Morgan fingerprint density at radius 3 is 2.50 bits per heavy atom. The maximum Gasteiger partial charge on any atom is 0.326 e. The second kappa shape index (κ2) is 3.51. The molecule has 4 nitrogen and oxygen atoms in total. The van der Waals surface area contributed by atoms with Gasteiger partial charge in [-0.25, -0.2) is 0 Å². The molecule has 14 heavy (non-hydrogen) atoms. The number of nitrogens with two attached hydrogens (primary N) is 1. The van der Waals surface area contributed by atoms with Gasteiger partial charge in [-0.3, -0.25) is 4.79 Å². The minimum Gasteiger partial charge on any atom is -0.459 e. The van der Waals surface area contributed by atoms with Crippen molar-refractivity contribution in [3.8, 4) is 0 Å². The number of carbonyl (C=O) groups is 1. The zero-order valence-electron chi connectivity index (χ0n) is 9.04. The highest BCUT2D eigenvalue weighted by Crippen LogP contribution is 2.30. The molecule has 1 aliphatic carbocycles. The van der Waals surface area contributed by atoms with Crippen molar-refractivity contribution in [2.75, 3.05) is 0 Å². The number of hydrogen-bond donors (Lipinski definition) is 2. The van der Waals surface area contributed by atoms with E-state index in [4.69, 9.17) is 10.5 Å². The van der Waals surface area contributed by atoms with E-state index in [1.807, 2.05) is 0 Å². The summed E-state index contributed by atoms with van der Waals surface area (Å²) in [7, 11) is 0. The predicted octanol–water partition coefficient (Wildman–Crippen LogP) is 0.570. The first kappa shape index (κ1) is 11.5. The number of hydrogen-bond acceptors (Lipinski definition) is 4. The fraction of sp³-hybridized carbons (Fsp3) is 0.900. The molecule has 1 rings (SSSR count). The zero-order chi connectivity index (χ0) is 11.0. The molecule has 0 aromatic heterocycles. The SMILES string of the molecule is CC(C)(C)OC(=O)[C@@]1(N)CC[C@H](O)C1. The number of carbonyl (C=O) groups excluding carboxylic acids is 1. The zero-order valence-corrected chi connectivity index (χ0v) is 9.04. The molecule has 1 aliphatic rings. The van der Waals surface area contributed by atoms with Gasteiger partial charge >= 0.3 is 5.97 Å². The Labute approximate surface area is 84.4 Å².